The van der Waals surface area contributed by atoms with E-state index in [-0.39, 0.29) is 6.42 Å². The van der Waals surface area contributed by atoms with Gasteiger partial charge in [-0.2, -0.15) is 0 Å². The van der Waals surface area contributed by atoms with E-state index in [1.807, 2.05) is 35.2 Å². The van der Waals surface area contributed by atoms with Gasteiger partial charge in [0.25, 0.3) is 0 Å². The van der Waals surface area contributed by atoms with Gasteiger partial charge in [0.05, 0.1) is 11.6 Å². The molecular weight excluding hydrogens is 394 g/mol. The van der Waals surface area contributed by atoms with Crippen LogP contribution in [0.15, 0.2) is 36.5 Å². The third-order valence-electron chi connectivity index (χ3n) is 6.32. The number of rotatable bonds is 6. The SMILES string of the molecule is NC(=O)C1CC(C(=O)O)CCN1c1cccc(-c2ccnc(NC3CCCCC3)c2)n1. The van der Waals surface area contributed by atoms with Crippen LogP contribution in [-0.2, 0) is 9.59 Å². The number of nitrogens with two attached hydrogens (primary N) is 1. The molecule has 0 radical (unpaired) electrons. The maximum absolute atomic E-state index is 12.0. The highest BCUT2D eigenvalue weighted by Gasteiger charge is 2.36. The predicted molar refractivity (Wildman–Crippen MR) is 119 cm³/mol. The molecular formula is C23H29N5O3. The second-order valence-corrected chi connectivity index (χ2v) is 8.46. The topological polar surface area (TPSA) is 121 Å². The zero-order chi connectivity index (χ0) is 21.8. The van der Waals surface area contributed by atoms with Crippen LogP contribution in [0.25, 0.3) is 11.3 Å². The highest BCUT2D eigenvalue weighted by Crippen LogP contribution is 2.30. The van der Waals surface area contributed by atoms with Crippen LogP contribution < -0.4 is 16.0 Å². The zero-order valence-electron chi connectivity index (χ0n) is 17.5. The molecule has 8 heteroatoms. The van der Waals surface area contributed by atoms with Gasteiger partial charge in [-0.05, 0) is 49.9 Å². The molecule has 0 spiro atoms. The molecule has 164 valence electrons. The quantitative estimate of drug-likeness (QED) is 0.653. The van der Waals surface area contributed by atoms with E-state index in [9.17, 15) is 14.7 Å². The normalized spacial score (nSPS) is 22.1. The van der Waals surface area contributed by atoms with Crippen LogP contribution in [0.1, 0.15) is 44.9 Å². The molecule has 2 unspecified atom stereocenters. The van der Waals surface area contributed by atoms with E-state index in [1.54, 1.807) is 6.20 Å². The van der Waals surface area contributed by atoms with Crippen LogP contribution in [0.2, 0.25) is 0 Å². The summed E-state index contributed by atoms with van der Waals surface area (Å²) in [5.41, 5.74) is 7.31. The van der Waals surface area contributed by atoms with E-state index >= 15 is 0 Å². The van der Waals surface area contributed by atoms with Gasteiger partial charge in [-0.1, -0.05) is 25.3 Å². The molecule has 1 amide bonds. The molecule has 4 N–H and O–H groups in total. The van der Waals surface area contributed by atoms with Crippen molar-refractivity contribution in [3.05, 3.63) is 36.5 Å². The van der Waals surface area contributed by atoms with Crippen LogP contribution in [0, 0.1) is 5.92 Å². The number of piperidine rings is 1. The minimum Gasteiger partial charge on any atom is -0.481 e. The Labute approximate surface area is 181 Å². The third kappa shape index (κ3) is 4.95. The first-order chi connectivity index (χ1) is 15.0. The average molecular weight is 424 g/mol. The van der Waals surface area contributed by atoms with Gasteiger partial charge in [0.15, 0.2) is 0 Å². The van der Waals surface area contributed by atoms with Crippen molar-refractivity contribution < 1.29 is 14.7 Å². The summed E-state index contributed by atoms with van der Waals surface area (Å²) in [6.07, 6.45) is 8.57. The largest absolute Gasteiger partial charge is 0.481 e. The lowest BCUT2D eigenvalue weighted by molar-refractivity contribution is -0.142. The van der Waals surface area contributed by atoms with Crippen molar-refractivity contribution in [2.75, 3.05) is 16.8 Å². The molecule has 0 bridgehead atoms. The molecule has 0 aromatic carbocycles. The fraction of sp³-hybridized carbons (Fsp3) is 0.478. The number of primary amides is 1. The molecule has 2 aliphatic rings. The summed E-state index contributed by atoms with van der Waals surface area (Å²) < 4.78 is 0. The van der Waals surface area contributed by atoms with Crippen LogP contribution >= 0.6 is 0 Å². The molecule has 2 atom stereocenters. The number of nitrogens with one attached hydrogen (secondary N) is 1. The number of nitrogens with zero attached hydrogens (tertiary/aromatic N) is 3. The Morgan fingerprint density at radius 2 is 1.94 bits per heavy atom. The average Bonchev–Trinajstić information content (AvgIpc) is 2.79. The van der Waals surface area contributed by atoms with E-state index in [1.165, 1.54) is 32.1 Å². The molecule has 1 saturated carbocycles. The lowest BCUT2D eigenvalue weighted by atomic mass is 9.90. The van der Waals surface area contributed by atoms with Crippen LogP contribution in [0.5, 0.6) is 0 Å². The lowest BCUT2D eigenvalue weighted by Crippen LogP contribution is -2.51. The van der Waals surface area contributed by atoms with Gasteiger partial charge in [-0.25, -0.2) is 9.97 Å². The van der Waals surface area contributed by atoms with E-state index < -0.39 is 23.8 Å². The molecule has 3 heterocycles. The molecule has 2 aromatic heterocycles. The summed E-state index contributed by atoms with van der Waals surface area (Å²) in [6, 6.07) is 9.35. The first kappa shape index (κ1) is 21.1. The Bertz CT molecular complexity index is 944. The van der Waals surface area contributed by atoms with Crippen LogP contribution in [-0.4, -0.2) is 45.6 Å². The minimum atomic E-state index is -0.887. The summed E-state index contributed by atoms with van der Waals surface area (Å²) in [5.74, 6) is -0.508. The number of carboxylic acid groups (broad SMARTS) is 1. The molecule has 8 nitrogen and oxygen atoms in total. The lowest BCUT2D eigenvalue weighted by Gasteiger charge is -2.37. The third-order valence-corrected chi connectivity index (χ3v) is 6.32. The molecule has 31 heavy (non-hydrogen) atoms. The summed E-state index contributed by atoms with van der Waals surface area (Å²) in [6.45, 7) is 0.422. The van der Waals surface area contributed by atoms with E-state index in [2.05, 4.69) is 10.3 Å². The number of carboxylic acids is 1. The van der Waals surface area contributed by atoms with Crippen molar-refractivity contribution in [1.29, 1.82) is 0 Å². The van der Waals surface area contributed by atoms with Crippen LogP contribution in [0.4, 0.5) is 11.6 Å². The predicted octanol–water partition coefficient (Wildman–Crippen LogP) is 3.04. The number of carbonyl (C=O) groups is 2. The van der Waals surface area contributed by atoms with Gasteiger partial charge >= 0.3 is 5.97 Å². The first-order valence-electron chi connectivity index (χ1n) is 11.0. The fourth-order valence-corrected chi connectivity index (χ4v) is 4.60. The zero-order valence-corrected chi connectivity index (χ0v) is 17.5. The highest BCUT2D eigenvalue weighted by atomic mass is 16.4. The molecule has 1 saturated heterocycles. The highest BCUT2D eigenvalue weighted by molar-refractivity contribution is 5.85. The van der Waals surface area contributed by atoms with Gasteiger partial charge in [-0.3, -0.25) is 9.59 Å². The molecule has 1 aliphatic heterocycles. The monoisotopic (exact) mass is 423 g/mol. The Kier molecular flexibility index (Phi) is 6.34. The van der Waals surface area contributed by atoms with E-state index in [0.29, 0.717) is 24.8 Å². The minimum absolute atomic E-state index is 0.196. The maximum Gasteiger partial charge on any atom is 0.306 e. The Balaban J connectivity index is 1.55. The Hall–Kier alpha value is -3.16. The smallest absolute Gasteiger partial charge is 0.306 e. The van der Waals surface area contributed by atoms with Gasteiger partial charge in [0.1, 0.15) is 17.7 Å². The van der Waals surface area contributed by atoms with E-state index in [0.717, 1.165) is 17.1 Å². The number of hydrogen-bond acceptors (Lipinski definition) is 6. The molecule has 1 aliphatic carbocycles. The van der Waals surface area contributed by atoms with Crippen molar-refractivity contribution in [1.82, 2.24) is 9.97 Å². The van der Waals surface area contributed by atoms with Crippen molar-refractivity contribution in [3.8, 4) is 11.3 Å². The number of aromatic nitrogens is 2. The second kappa shape index (κ2) is 9.32. The standard InChI is InChI=1S/C23H29N5O3/c24-22(29)19-13-16(23(30)31)10-12-28(19)21-8-4-7-18(27-21)15-9-11-25-20(14-15)26-17-5-2-1-3-6-17/h4,7-9,11,14,16-17,19H,1-3,5-6,10,12-13H2,(H2,24,29)(H,25,26)(H,30,31). The number of hydrogen-bond donors (Lipinski definition) is 3. The molecule has 2 fully saturated rings. The van der Waals surface area contributed by atoms with Crippen molar-refractivity contribution in [2.24, 2.45) is 11.7 Å². The number of aliphatic carboxylic acids is 1. The second-order valence-electron chi connectivity index (χ2n) is 8.46. The Morgan fingerprint density at radius 3 is 2.68 bits per heavy atom. The summed E-state index contributed by atoms with van der Waals surface area (Å²) in [7, 11) is 0. The first-order valence-corrected chi connectivity index (χ1v) is 11.0. The van der Waals surface area contributed by atoms with Crippen molar-refractivity contribution >= 4 is 23.5 Å². The number of anilines is 2. The number of pyridine rings is 2. The van der Waals surface area contributed by atoms with Crippen LogP contribution in [0.3, 0.4) is 0 Å². The summed E-state index contributed by atoms with van der Waals surface area (Å²) in [5, 5.41) is 12.9. The Morgan fingerprint density at radius 1 is 1.13 bits per heavy atom. The van der Waals surface area contributed by atoms with E-state index in [4.69, 9.17) is 10.7 Å². The van der Waals surface area contributed by atoms with Crippen molar-refractivity contribution in [3.63, 3.8) is 0 Å². The summed E-state index contributed by atoms with van der Waals surface area (Å²) >= 11 is 0. The molecule has 4 rings (SSSR count). The maximum atomic E-state index is 12.0. The van der Waals surface area contributed by atoms with Gasteiger partial charge in [0, 0.05) is 24.3 Å². The van der Waals surface area contributed by atoms with Gasteiger partial charge < -0.3 is 21.1 Å². The number of amides is 1. The van der Waals surface area contributed by atoms with Gasteiger partial charge in [0.2, 0.25) is 5.91 Å². The molecule has 2 aromatic rings. The number of carbonyl (C=O) groups excluding carboxylic acids is 1. The van der Waals surface area contributed by atoms with Crippen molar-refractivity contribution in [2.45, 2.75) is 57.0 Å². The fourth-order valence-electron chi connectivity index (χ4n) is 4.60. The summed E-state index contributed by atoms with van der Waals surface area (Å²) in [4.78, 5) is 34.5. The van der Waals surface area contributed by atoms with Gasteiger partial charge in [-0.15, -0.1) is 0 Å².